The minimum Gasteiger partial charge on any atom is -0.379 e. The summed E-state index contributed by atoms with van der Waals surface area (Å²) in [5, 5.41) is 24.4. The fraction of sp³-hybridized carbons (Fsp3) is 0.549. The quantitative estimate of drug-likeness (QED) is 0.0199. The molecule has 2 aliphatic rings. The lowest BCUT2D eigenvalue weighted by molar-refractivity contribution is -0.123. The van der Waals surface area contributed by atoms with Gasteiger partial charge in [-0.2, -0.15) is 11.8 Å². The minimum absolute atomic E-state index is 0.0613. The van der Waals surface area contributed by atoms with E-state index in [0.29, 0.717) is 125 Å². The van der Waals surface area contributed by atoms with Crippen LogP contribution in [-0.2, 0) is 33.4 Å². The molecular weight excluding hydrogens is 946 g/mol. The van der Waals surface area contributed by atoms with E-state index in [4.69, 9.17) is 14.2 Å². The molecule has 3 aromatic rings. The van der Waals surface area contributed by atoms with Crippen molar-refractivity contribution in [1.82, 2.24) is 41.5 Å². The van der Waals surface area contributed by atoms with Crippen molar-refractivity contribution in [2.45, 2.75) is 94.9 Å². The van der Waals surface area contributed by atoms with Crippen molar-refractivity contribution in [3.05, 3.63) is 78.4 Å². The number of carbonyl (C=O) groups excluding carboxylic acids is 5. The highest BCUT2D eigenvalue weighted by molar-refractivity contribution is 8.00. The predicted octanol–water partition coefficient (Wildman–Crippen LogP) is 5.69. The summed E-state index contributed by atoms with van der Waals surface area (Å²) in [5.74, 6) is 1.40. The van der Waals surface area contributed by atoms with Gasteiger partial charge in [0.15, 0.2) is 0 Å². The number of carbonyl (C=O) groups is 5. The Kier molecular flexibility index (Phi) is 26.1. The summed E-state index contributed by atoms with van der Waals surface area (Å²) in [7, 11) is 1.97. The molecule has 2 fully saturated rings. The number of hydrogen-bond acceptors (Lipinski definition) is 14. The Hall–Kier alpha value is -5.87. The lowest BCUT2D eigenvalue weighted by Crippen LogP contribution is -2.36. The van der Waals surface area contributed by atoms with Crippen LogP contribution in [0.4, 0.5) is 37.9 Å². The lowest BCUT2D eigenvalue weighted by atomic mass is 10.0. The number of urea groups is 1. The molecule has 0 spiro atoms. The van der Waals surface area contributed by atoms with Crippen molar-refractivity contribution in [2.24, 2.45) is 0 Å². The predicted molar refractivity (Wildman–Crippen MR) is 279 cm³/mol. The average Bonchev–Trinajstić information content (AvgIpc) is 3.91. The Labute approximate surface area is 427 Å². The van der Waals surface area contributed by atoms with Crippen LogP contribution in [0.2, 0.25) is 0 Å². The first-order valence-corrected chi connectivity index (χ1v) is 26.2. The van der Waals surface area contributed by atoms with Crippen LogP contribution in [0.15, 0.2) is 67.0 Å². The highest BCUT2D eigenvalue weighted by Gasteiger charge is 2.42. The number of anilines is 5. The summed E-state index contributed by atoms with van der Waals surface area (Å²) in [6.07, 6.45) is 12.2. The standard InChI is InChI=1S/C51H74FN11O8S/c1-37-32-40(19-20-41(37)52)59-45-34-44(56-36-57-45)58-38-12-7-13-39(33-38)60-49(67)18-9-25-63(2)24-6-5-21-53-47(65)16-8-17-48(66)55-23-11-27-70-29-31-71-30-28-69-26-10-22-54-46(64)15-4-3-14-43-50-42(35-72-43)61-51(68)62-50/h7,9,12-13,18-20,32-34,36,42-43,50H,3-6,8,10-11,14-17,21-31,35H2,1-2H3,(H,53,65)(H,54,64)(H,55,66)(H,60,67)(H2,61,62,68)(H2,56,57,58,59)/b18-9+/t42-,43-,50-/m0/s1. The molecule has 3 heterocycles. The van der Waals surface area contributed by atoms with Gasteiger partial charge in [0.05, 0.1) is 38.5 Å². The van der Waals surface area contributed by atoms with Crippen molar-refractivity contribution in [1.29, 1.82) is 0 Å². The van der Waals surface area contributed by atoms with E-state index in [-0.39, 0.29) is 54.0 Å². The molecular formula is C51H74FN11O8S. The molecule has 1 aromatic heterocycles. The van der Waals surface area contributed by atoms with Gasteiger partial charge in [0.25, 0.3) is 0 Å². The minimum atomic E-state index is -0.276. The number of rotatable bonds is 36. The second-order valence-electron chi connectivity index (χ2n) is 17.8. The van der Waals surface area contributed by atoms with Crippen LogP contribution < -0.4 is 42.5 Å². The number of thioether (sulfide) groups is 1. The van der Waals surface area contributed by atoms with Gasteiger partial charge in [-0.05, 0) is 107 Å². The molecule has 2 aliphatic heterocycles. The van der Waals surface area contributed by atoms with Gasteiger partial charge in [-0.25, -0.2) is 19.2 Å². The molecule has 2 saturated heterocycles. The maximum atomic E-state index is 13.7. The van der Waals surface area contributed by atoms with Crippen molar-refractivity contribution in [2.75, 3.05) is 101 Å². The van der Waals surface area contributed by atoms with Crippen LogP contribution >= 0.6 is 11.8 Å². The topological polar surface area (TPSA) is 238 Å². The van der Waals surface area contributed by atoms with E-state index in [1.807, 2.05) is 30.9 Å². The molecule has 0 radical (unpaired) electrons. The van der Waals surface area contributed by atoms with Gasteiger partial charge in [0, 0.05) is 98.9 Å². The molecule has 19 nitrogen and oxygen atoms in total. The Morgan fingerprint density at radius 1 is 0.736 bits per heavy atom. The van der Waals surface area contributed by atoms with Crippen molar-refractivity contribution in [3.63, 3.8) is 0 Å². The van der Waals surface area contributed by atoms with Gasteiger partial charge >= 0.3 is 6.03 Å². The second-order valence-corrected chi connectivity index (χ2v) is 19.0. The van der Waals surface area contributed by atoms with E-state index >= 15 is 0 Å². The van der Waals surface area contributed by atoms with E-state index < -0.39 is 0 Å². The summed E-state index contributed by atoms with van der Waals surface area (Å²) >= 11 is 1.90. The number of amides is 6. The summed E-state index contributed by atoms with van der Waals surface area (Å²) in [6, 6.07) is 14.1. The number of halogens is 1. The molecule has 0 unspecified atom stereocenters. The largest absolute Gasteiger partial charge is 0.379 e. The average molecular weight is 1020 g/mol. The molecule has 0 bridgehead atoms. The van der Waals surface area contributed by atoms with Crippen molar-refractivity contribution >= 4 is 70.1 Å². The van der Waals surface area contributed by atoms with Gasteiger partial charge in [-0.1, -0.05) is 18.6 Å². The first kappa shape index (κ1) is 57.0. The van der Waals surface area contributed by atoms with Gasteiger partial charge in [-0.3, -0.25) is 19.2 Å². The number of ether oxygens (including phenoxy) is 3. The Morgan fingerprint density at radius 2 is 1.35 bits per heavy atom. The van der Waals surface area contributed by atoms with Crippen molar-refractivity contribution in [3.8, 4) is 0 Å². The van der Waals surface area contributed by atoms with Crippen LogP contribution in [-0.4, -0.2) is 147 Å². The van der Waals surface area contributed by atoms with Gasteiger partial charge in [-0.15, -0.1) is 0 Å². The van der Waals surface area contributed by atoms with E-state index in [0.717, 1.165) is 56.5 Å². The number of nitrogens with one attached hydrogen (secondary N) is 8. The number of likely N-dealkylation sites (N-methyl/N-ethyl adjacent to an activating group) is 1. The van der Waals surface area contributed by atoms with Crippen LogP contribution in [0.3, 0.4) is 0 Å². The lowest BCUT2D eigenvalue weighted by Gasteiger charge is -2.16. The van der Waals surface area contributed by atoms with E-state index in [9.17, 15) is 28.4 Å². The summed E-state index contributed by atoms with van der Waals surface area (Å²) in [6.45, 7) is 7.59. The molecule has 8 N–H and O–H groups in total. The molecule has 3 atom stereocenters. The zero-order valence-electron chi connectivity index (χ0n) is 41.7. The number of benzene rings is 2. The molecule has 0 aliphatic carbocycles. The van der Waals surface area contributed by atoms with Crippen LogP contribution in [0.1, 0.15) is 76.2 Å². The molecule has 6 amide bonds. The molecule has 5 rings (SSSR count). The maximum absolute atomic E-state index is 13.7. The Bertz CT molecular complexity index is 2190. The molecule has 0 saturated carbocycles. The number of aromatic nitrogens is 2. The highest BCUT2D eigenvalue weighted by Crippen LogP contribution is 2.33. The van der Waals surface area contributed by atoms with E-state index in [1.54, 1.807) is 43.3 Å². The Balaban J connectivity index is 0.752. The van der Waals surface area contributed by atoms with E-state index in [2.05, 4.69) is 57.4 Å². The smallest absolute Gasteiger partial charge is 0.315 e. The third-order valence-corrected chi connectivity index (χ3v) is 13.2. The normalized spacial score (nSPS) is 16.0. The number of fused-ring (bicyclic) bond motifs is 1. The summed E-state index contributed by atoms with van der Waals surface area (Å²) in [5.41, 5.74) is 2.56. The molecule has 72 heavy (non-hydrogen) atoms. The van der Waals surface area contributed by atoms with Crippen LogP contribution in [0, 0.1) is 12.7 Å². The van der Waals surface area contributed by atoms with Crippen molar-refractivity contribution < 1.29 is 42.6 Å². The van der Waals surface area contributed by atoms with E-state index in [1.165, 1.54) is 18.5 Å². The first-order chi connectivity index (χ1) is 35.0. The number of unbranched alkanes of at least 4 members (excludes halogenated alkanes) is 2. The van der Waals surface area contributed by atoms with Crippen LogP contribution in [0.5, 0.6) is 0 Å². The molecule has 2 aromatic carbocycles. The number of hydrogen-bond donors (Lipinski definition) is 8. The van der Waals surface area contributed by atoms with Gasteiger partial charge < -0.3 is 61.6 Å². The maximum Gasteiger partial charge on any atom is 0.315 e. The second kappa shape index (κ2) is 33.0. The van der Waals surface area contributed by atoms with Gasteiger partial charge in [0.2, 0.25) is 23.6 Å². The van der Waals surface area contributed by atoms with Gasteiger partial charge in [0.1, 0.15) is 23.8 Å². The zero-order chi connectivity index (χ0) is 51.2. The van der Waals surface area contributed by atoms with Crippen LogP contribution in [0.25, 0.3) is 0 Å². The first-order valence-electron chi connectivity index (χ1n) is 25.1. The third kappa shape index (κ3) is 23.1. The Morgan fingerprint density at radius 3 is 2.01 bits per heavy atom. The monoisotopic (exact) mass is 1020 g/mol. The third-order valence-electron chi connectivity index (χ3n) is 11.7. The number of nitrogens with zero attached hydrogens (tertiary/aromatic N) is 3. The SMILES string of the molecule is Cc1cc(Nc2cc(Nc3cccc(NC(=O)/C=C/CN(C)CCCCNC(=O)CCCC(=O)NCCCOCCOCCOCCCNC(=O)CCCC[C@@H]4SC[C@@H]5NC(=O)N[C@@H]54)c3)ncn2)ccc1F. The number of aryl methyl sites for hydroxylation is 1. The summed E-state index contributed by atoms with van der Waals surface area (Å²) in [4.78, 5) is 71.3. The summed E-state index contributed by atoms with van der Waals surface area (Å²) < 4.78 is 30.4. The fourth-order valence-corrected chi connectivity index (χ4v) is 9.37. The fourth-order valence-electron chi connectivity index (χ4n) is 7.83. The molecule has 394 valence electrons. The highest BCUT2D eigenvalue weighted by atomic mass is 32.2. The zero-order valence-corrected chi connectivity index (χ0v) is 42.6. The molecule has 21 heteroatoms.